The van der Waals surface area contributed by atoms with Crippen LogP contribution in [0.25, 0.3) is 0 Å². The maximum absolute atomic E-state index is 12.2. The summed E-state index contributed by atoms with van der Waals surface area (Å²) in [4.78, 5) is 28.9. The summed E-state index contributed by atoms with van der Waals surface area (Å²) < 4.78 is 0. The quantitative estimate of drug-likeness (QED) is 0.857. The molecule has 0 radical (unpaired) electrons. The van der Waals surface area contributed by atoms with Crippen molar-refractivity contribution in [2.45, 2.75) is 0 Å². The van der Waals surface area contributed by atoms with E-state index in [4.69, 9.17) is 23.2 Å². The zero-order valence-electron chi connectivity index (χ0n) is 11.0. The third-order valence-corrected chi connectivity index (χ3v) is 3.25. The number of carbonyl (C=O) groups excluding carboxylic acids is 2. The van der Waals surface area contributed by atoms with E-state index in [0.717, 1.165) is 4.90 Å². The molecule has 1 aromatic carbocycles. The number of nitrogens with one attached hydrogen (secondary N) is 1. The minimum atomic E-state index is -0.581. The number of amides is 3. The van der Waals surface area contributed by atoms with E-state index in [1.807, 2.05) is 0 Å². The van der Waals surface area contributed by atoms with Gasteiger partial charge in [-0.1, -0.05) is 23.2 Å². The van der Waals surface area contributed by atoms with Gasteiger partial charge < -0.3 is 5.32 Å². The van der Waals surface area contributed by atoms with Gasteiger partial charge in [0, 0.05) is 24.0 Å². The first kappa shape index (κ1) is 15.3. The molecule has 1 aromatic heterocycles. The monoisotopic (exact) mass is 323 g/mol. The molecule has 1 heterocycles. The number of hydrogen-bond donors (Lipinski definition) is 1. The molecule has 0 saturated heterocycles. The number of aromatic nitrogens is 1. The summed E-state index contributed by atoms with van der Waals surface area (Å²) in [6.45, 7) is 0. The van der Waals surface area contributed by atoms with Crippen LogP contribution in [-0.4, -0.2) is 28.9 Å². The van der Waals surface area contributed by atoms with E-state index in [0.29, 0.717) is 10.7 Å². The zero-order valence-corrected chi connectivity index (χ0v) is 12.5. The smallest absolute Gasteiger partial charge is 0.307 e. The number of pyridine rings is 1. The summed E-state index contributed by atoms with van der Waals surface area (Å²) in [5.74, 6) is -0.542. The van der Waals surface area contributed by atoms with Gasteiger partial charge in [0.1, 0.15) is 5.15 Å². The highest BCUT2D eigenvalue weighted by atomic mass is 35.5. The van der Waals surface area contributed by atoms with Crippen molar-refractivity contribution in [2.24, 2.45) is 0 Å². The third kappa shape index (κ3) is 3.71. The lowest BCUT2D eigenvalue weighted by Gasteiger charge is -2.16. The Morgan fingerprint density at radius 2 is 1.81 bits per heavy atom. The minimum absolute atomic E-state index is 0.0497. The highest BCUT2D eigenvalue weighted by Gasteiger charge is 2.21. The van der Waals surface area contributed by atoms with Crippen molar-refractivity contribution in [1.82, 2.24) is 9.88 Å². The standard InChI is InChI=1S/C14H11Cl2N3O2/c1-19(13(20)11-3-2-8-17-12(11)16)14(21)18-10-6-4-9(15)5-7-10/h2-8H,1H3,(H,18,21). The average Bonchev–Trinajstić information content (AvgIpc) is 2.48. The van der Waals surface area contributed by atoms with Gasteiger partial charge in [0.05, 0.1) is 5.56 Å². The summed E-state index contributed by atoms with van der Waals surface area (Å²) in [5, 5.41) is 3.19. The molecule has 5 nitrogen and oxygen atoms in total. The molecule has 0 atom stereocenters. The van der Waals surface area contributed by atoms with Crippen molar-refractivity contribution < 1.29 is 9.59 Å². The van der Waals surface area contributed by atoms with Crippen LogP contribution in [0.3, 0.4) is 0 Å². The Bertz CT molecular complexity index is 674. The molecule has 0 unspecified atom stereocenters. The predicted octanol–water partition coefficient (Wildman–Crippen LogP) is 3.69. The number of nitrogens with zero attached hydrogens (tertiary/aromatic N) is 2. The van der Waals surface area contributed by atoms with Crippen molar-refractivity contribution in [3.8, 4) is 0 Å². The second kappa shape index (κ2) is 6.56. The van der Waals surface area contributed by atoms with Crippen LogP contribution >= 0.6 is 23.2 Å². The van der Waals surface area contributed by atoms with E-state index in [1.54, 1.807) is 30.3 Å². The molecule has 2 aromatic rings. The van der Waals surface area contributed by atoms with Gasteiger partial charge in [0.25, 0.3) is 5.91 Å². The van der Waals surface area contributed by atoms with Crippen LogP contribution in [0.1, 0.15) is 10.4 Å². The molecule has 108 valence electrons. The maximum atomic E-state index is 12.2. The van der Waals surface area contributed by atoms with Gasteiger partial charge in [-0.3, -0.25) is 9.69 Å². The number of rotatable bonds is 2. The second-order valence-electron chi connectivity index (χ2n) is 4.14. The van der Waals surface area contributed by atoms with Crippen molar-refractivity contribution in [3.05, 3.63) is 58.3 Å². The number of carbonyl (C=O) groups is 2. The number of anilines is 1. The number of benzene rings is 1. The molecule has 0 spiro atoms. The molecule has 1 N–H and O–H groups in total. The molecule has 0 fully saturated rings. The number of imide groups is 1. The molecular formula is C14H11Cl2N3O2. The van der Waals surface area contributed by atoms with Crippen LogP contribution in [0.15, 0.2) is 42.6 Å². The summed E-state index contributed by atoms with van der Waals surface area (Å²) in [6, 6.07) is 9.04. The van der Waals surface area contributed by atoms with E-state index in [2.05, 4.69) is 10.3 Å². The van der Waals surface area contributed by atoms with Crippen molar-refractivity contribution in [3.63, 3.8) is 0 Å². The molecule has 21 heavy (non-hydrogen) atoms. The van der Waals surface area contributed by atoms with E-state index in [9.17, 15) is 9.59 Å². The second-order valence-corrected chi connectivity index (χ2v) is 4.94. The number of halogens is 2. The SMILES string of the molecule is CN(C(=O)Nc1ccc(Cl)cc1)C(=O)c1cccnc1Cl. The molecule has 0 aliphatic rings. The van der Waals surface area contributed by atoms with E-state index >= 15 is 0 Å². The Balaban J connectivity index is 2.10. The topological polar surface area (TPSA) is 62.3 Å². The fourth-order valence-electron chi connectivity index (χ4n) is 1.56. The predicted molar refractivity (Wildman–Crippen MR) is 81.8 cm³/mol. The van der Waals surface area contributed by atoms with Crippen LogP contribution in [0.2, 0.25) is 10.2 Å². The lowest BCUT2D eigenvalue weighted by molar-refractivity contribution is 0.0840. The Labute approximate surface area is 131 Å². The normalized spacial score (nSPS) is 10.0. The van der Waals surface area contributed by atoms with Crippen molar-refractivity contribution >= 4 is 40.8 Å². The van der Waals surface area contributed by atoms with Gasteiger partial charge in [0.2, 0.25) is 0 Å². The molecule has 0 saturated carbocycles. The molecule has 3 amide bonds. The van der Waals surface area contributed by atoms with E-state index in [1.165, 1.54) is 19.3 Å². The summed E-state index contributed by atoms with van der Waals surface area (Å²) in [5.41, 5.74) is 0.689. The van der Waals surface area contributed by atoms with Gasteiger partial charge in [-0.05, 0) is 36.4 Å². The lowest BCUT2D eigenvalue weighted by Crippen LogP contribution is -2.36. The maximum Gasteiger partial charge on any atom is 0.328 e. The van der Waals surface area contributed by atoms with E-state index in [-0.39, 0.29) is 10.7 Å². The Morgan fingerprint density at radius 3 is 2.43 bits per heavy atom. The minimum Gasteiger partial charge on any atom is -0.307 e. The van der Waals surface area contributed by atoms with Gasteiger partial charge in [-0.25, -0.2) is 9.78 Å². The van der Waals surface area contributed by atoms with Gasteiger partial charge >= 0.3 is 6.03 Å². The zero-order chi connectivity index (χ0) is 15.4. The Hall–Kier alpha value is -2.11. The Morgan fingerprint density at radius 1 is 1.14 bits per heavy atom. The van der Waals surface area contributed by atoms with E-state index < -0.39 is 11.9 Å². The molecular weight excluding hydrogens is 313 g/mol. The van der Waals surface area contributed by atoms with Crippen LogP contribution in [0, 0.1) is 0 Å². The first-order valence-electron chi connectivity index (χ1n) is 5.94. The first-order valence-corrected chi connectivity index (χ1v) is 6.70. The third-order valence-electron chi connectivity index (χ3n) is 2.69. The largest absolute Gasteiger partial charge is 0.328 e. The van der Waals surface area contributed by atoms with Crippen molar-refractivity contribution in [2.75, 3.05) is 12.4 Å². The molecule has 0 aliphatic carbocycles. The van der Waals surface area contributed by atoms with Crippen LogP contribution < -0.4 is 5.32 Å². The molecule has 2 rings (SSSR count). The highest BCUT2D eigenvalue weighted by molar-refractivity contribution is 6.33. The first-order chi connectivity index (χ1) is 9.99. The number of hydrogen-bond acceptors (Lipinski definition) is 3. The van der Waals surface area contributed by atoms with Gasteiger partial charge in [0.15, 0.2) is 0 Å². The average molecular weight is 324 g/mol. The molecule has 0 aliphatic heterocycles. The number of urea groups is 1. The molecule has 7 heteroatoms. The van der Waals surface area contributed by atoms with Crippen LogP contribution in [0.4, 0.5) is 10.5 Å². The fraction of sp³-hybridized carbons (Fsp3) is 0.0714. The lowest BCUT2D eigenvalue weighted by atomic mass is 10.2. The fourth-order valence-corrected chi connectivity index (χ4v) is 1.89. The van der Waals surface area contributed by atoms with Crippen LogP contribution in [-0.2, 0) is 0 Å². The summed E-state index contributed by atoms with van der Waals surface area (Å²) >= 11 is 11.6. The highest BCUT2D eigenvalue weighted by Crippen LogP contribution is 2.16. The van der Waals surface area contributed by atoms with Gasteiger partial charge in [-0.2, -0.15) is 0 Å². The molecule has 0 bridgehead atoms. The van der Waals surface area contributed by atoms with Crippen LogP contribution in [0.5, 0.6) is 0 Å². The van der Waals surface area contributed by atoms with Gasteiger partial charge in [-0.15, -0.1) is 0 Å². The van der Waals surface area contributed by atoms with Crippen molar-refractivity contribution in [1.29, 1.82) is 0 Å². The summed E-state index contributed by atoms with van der Waals surface area (Å²) in [7, 11) is 1.36. The Kier molecular flexibility index (Phi) is 4.77. The summed E-state index contributed by atoms with van der Waals surface area (Å²) in [6.07, 6.45) is 1.47.